The molecule has 1 heterocycles. The minimum atomic E-state index is -3.81. The zero-order valence-electron chi connectivity index (χ0n) is 18.1. The van der Waals surface area contributed by atoms with Crippen molar-refractivity contribution in [2.24, 2.45) is 5.14 Å². The second kappa shape index (κ2) is 9.92. The van der Waals surface area contributed by atoms with Gasteiger partial charge in [-0.3, -0.25) is 9.59 Å². The Labute approximate surface area is 190 Å². The second-order valence-corrected chi connectivity index (χ2v) is 8.96. The lowest BCUT2D eigenvalue weighted by Crippen LogP contribution is -2.32. The van der Waals surface area contributed by atoms with Crippen LogP contribution in [0.3, 0.4) is 0 Å². The molecule has 0 aliphatic rings. The second-order valence-electron chi connectivity index (χ2n) is 7.40. The molecule has 3 aromatic rings. The lowest BCUT2D eigenvalue weighted by Gasteiger charge is -2.15. The fourth-order valence-electron chi connectivity index (χ4n) is 3.26. The number of carbonyl (C=O) groups excluding carboxylic acids is 2. The van der Waals surface area contributed by atoms with Crippen molar-refractivity contribution in [3.8, 4) is 0 Å². The van der Waals surface area contributed by atoms with Crippen LogP contribution in [-0.2, 0) is 26.1 Å². The van der Waals surface area contributed by atoms with Crippen LogP contribution in [-0.4, -0.2) is 36.7 Å². The molecule has 0 aliphatic carbocycles. The third-order valence-corrected chi connectivity index (χ3v) is 5.85. The van der Waals surface area contributed by atoms with E-state index in [-0.39, 0.29) is 16.1 Å². The van der Waals surface area contributed by atoms with Gasteiger partial charge in [0, 0.05) is 11.9 Å². The number of nitrogens with zero attached hydrogens (tertiary/aromatic N) is 2. The van der Waals surface area contributed by atoms with Gasteiger partial charge in [-0.05, 0) is 37.1 Å². The first-order chi connectivity index (χ1) is 15.6. The number of aryl methyl sites for hydroxylation is 1. The number of ether oxygens (including phenoxy) is 1. The molecule has 0 fully saturated rings. The largest absolute Gasteiger partial charge is 0.451 e. The Morgan fingerprint density at radius 2 is 1.76 bits per heavy atom. The highest BCUT2D eigenvalue weighted by Crippen LogP contribution is 2.16. The van der Waals surface area contributed by atoms with Gasteiger partial charge < -0.3 is 10.1 Å². The highest BCUT2D eigenvalue weighted by molar-refractivity contribution is 7.89. The average Bonchev–Trinajstić information content (AvgIpc) is 2.79. The highest BCUT2D eigenvalue weighted by Gasteiger charge is 2.19. The van der Waals surface area contributed by atoms with E-state index in [0.29, 0.717) is 29.3 Å². The molecule has 3 rings (SSSR count). The number of nitrogens with one attached hydrogen (secondary N) is 1. The molecule has 10 nitrogen and oxygen atoms in total. The third kappa shape index (κ3) is 5.62. The first kappa shape index (κ1) is 24.1. The monoisotopic (exact) mass is 472 g/mol. The molecule has 1 aromatic heterocycles. The summed E-state index contributed by atoms with van der Waals surface area (Å²) in [6.07, 6.45) is 0.651. The van der Waals surface area contributed by atoms with Crippen LogP contribution < -0.4 is 16.0 Å². The zero-order valence-corrected chi connectivity index (χ0v) is 19.0. The van der Waals surface area contributed by atoms with Crippen LogP contribution in [0.1, 0.15) is 42.4 Å². The zero-order chi connectivity index (χ0) is 24.2. The van der Waals surface area contributed by atoms with Crippen molar-refractivity contribution in [3.05, 3.63) is 70.1 Å². The van der Waals surface area contributed by atoms with Gasteiger partial charge in [0.05, 0.1) is 16.3 Å². The standard InChI is InChI=1S/C22H24N4O6S/c1-3-12-26-21(28)18-7-5-4-6-17(18)20(25-26)22(29)32-13-19(27)24-14(2)15-8-10-16(11-9-15)33(23,30)31/h4-11,14H,3,12-13H2,1-2H3,(H,24,27)(H2,23,30,31). The molecule has 1 unspecified atom stereocenters. The van der Waals surface area contributed by atoms with E-state index in [9.17, 15) is 22.8 Å². The van der Waals surface area contributed by atoms with Crippen molar-refractivity contribution in [1.29, 1.82) is 0 Å². The normalized spacial score (nSPS) is 12.3. The quantitative estimate of drug-likeness (QED) is 0.471. The summed E-state index contributed by atoms with van der Waals surface area (Å²) in [7, 11) is -3.81. The van der Waals surface area contributed by atoms with E-state index in [4.69, 9.17) is 9.88 Å². The smallest absolute Gasteiger partial charge is 0.359 e. The lowest BCUT2D eigenvalue weighted by atomic mass is 10.1. The molecular formula is C22H24N4O6S. The minimum absolute atomic E-state index is 0.0390. The Morgan fingerprint density at radius 3 is 2.36 bits per heavy atom. The Kier molecular flexibility index (Phi) is 7.24. The van der Waals surface area contributed by atoms with E-state index >= 15 is 0 Å². The van der Waals surface area contributed by atoms with Crippen LogP contribution in [0.2, 0.25) is 0 Å². The van der Waals surface area contributed by atoms with E-state index in [0.717, 1.165) is 0 Å². The van der Waals surface area contributed by atoms with Crippen molar-refractivity contribution < 1.29 is 22.7 Å². The number of aromatic nitrogens is 2. The predicted molar refractivity (Wildman–Crippen MR) is 121 cm³/mol. The van der Waals surface area contributed by atoms with Gasteiger partial charge in [-0.25, -0.2) is 23.0 Å². The van der Waals surface area contributed by atoms with E-state index in [1.54, 1.807) is 31.2 Å². The van der Waals surface area contributed by atoms with Gasteiger partial charge in [0.25, 0.3) is 11.5 Å². The van der Waals surface area contributed by atoms with Crippen molar-refractivity contribution in [2.75, 3.05) is 6.61 Å². The van der Waals surface area contributed by atoms with E-state index in [1.807, 2.05) is 6.92 Å². The molecule has 0 spiro atoms. The van der Waals surface area contributed by atoms with Crippen LogP contribution in [0, 0.1) is 0 Å². The Balaban J connectivity index is 1.69. The van der Waals surface area contributed by atoms with Gasteiger partial charge in [0.15, 0.2) is 12.3 Å². The SMILES string of the molecule is CCCn1nc(C(=O)OCC(=O)NC(C)c2ccc(S(N)(=O)=O)cc2)c2ccccc2c1=O. The van der Waals surface area contributed by atoms with Gasteiger partial charge in [-0.2, -0.15) is 5.10 Å². The summed E-state index contributed by atoms with van der Waals surface area (Å²) in [5.74, 6) is -1.38. The molecule has 1 amide bonds. The molecule has 0 saturated heterocycles. The molecule has 174 valence electrons. The van der Waals surface area contributed by atoms with Crippen molar-refractivity contribution >= 4 is 32.7 Å². The Bertz CT molecular complexity index is 1350. The highest BCUT2D eigenvalue weighted by atomic mass is 32.2. The van der Waals surface area contributed by atoms with Crippen molar-refractivity contribution in [2.45, 2.75) is 37.8 Å². The molecule has 2 aromatic carbocycles. The lowest BCUT2D eigenvalue weighted by molar-refractivity contribution is -0.124. The van der Waals surface area contributed by atoms with Gasteiger partial charge >= 0.3 is 5.97 Å². The number of carbonyl (C=O) groups is 2. The van der Waals surface area contributed by atoms with E-state index in [2.05, 4.69) is 10.4 Å². The number of benzene rings is 2. The summed E-state index contributed by atoms with van der Waals surface area (Å²) in [6.45, 7) is 3.37. The van der Waals surface area contributed by atoms with Gasteiger partial charge in [0.2, 0.25) is 10.0 Å². The number of fused-ring (bicyclic) bond motifs is 1. The fraction of sp³-hybridized carbons (Fsp3) is 0.273. The summed E-state index contributed by atoms with van der Waals surface area (Å²) in [5, 5.41) is 12.6. The molecule has 0 aliphatic heterocycles. The number of sulfonamides is 1. The van der Waals surface area contributed by atoms with Crippen LogP contribution >= 0.6 is 0 Å². The number of hydrogen-bond donors (Lipinski definition) is 2. The summed E-state index contributed by atoms with van der Waals surface area (Å²) >= 11 is 0. The summed E-state index contributed by atoms with van der Waals surface area (Å²) < 4.78 is 29.1. The molecule has 0 radical (unpaired) electrons. The molecule has 1 atom stereocenters. The Hall–Kier alpha value is -3.57. The maximum absolute atomic E-state index is 12.7. The number of primary sulfonamides is 1. The van der Waals surface area contributed by atoms with E-state index in [1.165, 1.54) is 28.9 Å². The maximum Gasteiger partial charge on any atom is 0.359 e. The first-order valence-electron chi connectivity index (χ1n) is 10.2. The van der Waals surface area contributed by atoms with Crippen molar-refractivity contribution in [3.63, 3.8) is 0 Å². The molecule has 0 bridgehead atoms. The van der Waals surface area contributed by atoms with E-state index < -0.39 is 34.5 Å². The Morgan fingerprint density at radius 1 is 1.12 bits per heavy atom. The van der Waals surface area contributed by atoms with Gasteiger partial charge in [0.1, 0.15) is 0 Å². The number of hydrogen-bond acceptors (Lipinski definition) is 7. The molecule has 0 saturated carbocycles. The molecule has 33 heavy (non-hydrogen) atoms. The molecular weight excluding hydrogens is 448 g/mol. The third-order valence-electron chi connectivity index (χ3n) is 4.92. The van der Waals surface area contributed by atoms with Gasteiger partial charge in [-0.15, -0.1) is 0 Å². The van der Waals surface area contributed by atoms with Crippen LogP contribution in [0.5, 0.6) is 0 Å². The summed E-state index contributed by atoms with van der Waals surface area (Å²) in [4.78, 5) is 37.5. The minimum Gasteiger partial charge on any atom is -0.451 e. The molecule has 11 heteroatoms. The number of esters is 1. The maximum atomic E-state index is 12.7. The van der Waals surface area contributed by atoms with Gasteiger partial charge in [-0.1, -0.05) is 37.3 Å². The van der Waals surface area contributed by atoms with Crippen LogP contribution in [0.4, 0.5) is 0 Å². The summed E-state index contributed by atoms with van der Waals surface area (Å²) in [5.41, 5.74) is 0.295. The molecule has 3 N–H and O–H groups in total. The number of amides is 1. The van der Waals surface area contributed by atoms with Crippen LogP contribution in [0.25, 0.3) is 10.8 Å². The topological polar surface area (TPSA) is 150 Å². The average molecular weight is 473 g/mol. The van der Waals surface area contributed by atoms with Crippen LogP contribution in [0.15, 0.2) is 58.2 Å². The fourth-order valence-corrected chi connectivity index (χ4v) is 3.78. The van der Waals surface area contributed by atoms with Crippen molar-refractivity contribution in [1.82, 2.24) is 15.1 Å². The first-order valence-corrected chi connectivity index (χ1v) is 11.8. The number of nitrogens with two attached hydrogens (primary N) is 1. The number of rotatable bonds is 8. The predicted octanol–water partition coefficient (Wildman–Crippen LogP) is 1.49. The summed E-state index contributed by atoms with van der Waals surface area (Å²) in [6, 6.07) is 11.9.